The van der Waals surface area contributed by atoms with Crippen molar-refractivity contribution in [2.75, 3.05) is 0 Å². The number of benzene rings is 2. The van der Waals surface area contributed by atoms with Gasteiger partial charge >= 0.3 is 0 Å². The third-order valence-corrected chi connectivity index (χ3v) is 6.59. The van der Waals surface area contributed by atoms with E-state index in [4.69, 9.17) is 4.74 Å². The Morgan fingerprint density at radius 1 is 1.09 bits per heavy atom. The minimum Gasteiger partial charge on any atom is -0.507 e. The van der Waals surface area contributed by atoms with Gasteiger partial charge in [0.05, 0.1) is 17.7 Å². The molecule has 170 valence electrons. The molecule has 0 bridgehead atoms. The number of aromatic amines is 1. The van der Waals surface area contributed by atoms with E-state index in [1.165, 1.54) is 0 Å². The van der Waals surface area contributed by atoms with Crippen LogP contribution in [0.2, 0.25) is 0 Å². The van der Waals surface area contributed by atoms with Gasteiger partial charge in [0.2, 0.25) is 0 Å². The van der Waals surface area contributed by atoms with Gasteiger partial charge in [-0.2, -0.15) is 0 Å². The number of likely N-dealkylation sites (tertiary alicyclic amines) is 1. The van der Waals surface area contributed by atoms with Crippen LogP contribution in [0.15, 0.2) is 60.3 Å². The molecule has 1 unspecified atom stereocenters. The highest BCUT2D eigenvalue weighted by molar-refractivity contribution is 6.46. The maximum absolute atomic E-state index is 13.3. The summed E-state index contributed by atoms with van der Waals surface area (Å²) in [4.78, 5) is 31.6. The Hall–Kier alpha value is -3.54. The molecule has 2 N–H and O–H groups in total. The van der Waals surface area contributed by atoms with Gasteiger partial charge in [-0.25, -0.2) is 0 Å². The molecule has 33 heavy (non-hydrogen) atoms. The summed E-state index contributed by atoms with van der Waals surface area (Å²) in [5.74, 6) is -0.737. The number of carbonyl (C=O) groups is 2. The molecule has 1 saturated heterocycles. The summed E-state index contributed by atoms with van der Waals surface area (Å²) in [6.45, 7) is 3.85. The van der Waals surface area contributed by atoms with Gasteiger partial charge in [-0.3, -0.25) is 9.59 Å². The molecule has 2 fully saturated rings. The topological polar surface area (TPSA) is 82.6 Å². The number of ketones is 1. The molecule has 2 heterocycles. The maximum Gasteiger partial charge on any atom is 0.295 e. The van der Waals surface area contributed by atoms with E-state index in [1.807, 2.05) is 50.4 Å². The predicted molar refractivity (Wildman–Crippen MR) is 127 cm³/mol. The van der Waals surface area contributed by atoms with Crippen molar-refractivity contribution in [3.63, 3.8) is 0 Å². The number of para-hydroxylation sites is 1. The van der Waals surface area contributed by atoms with Crippen LogP contribution in [0.4, 0.5) is 0 Å². The zero-order valence-electron chi connectivity index (χ0n) is 18.9. The zero-order valence-corrected chi connectivity index (χ0v) is 18.9. The summed E-state index contributed by atoms with van der Waals surface area (Å²) in [6.07, 6.45) is 5.62. The van der Waals surface area contributed by atoms with Crippen molar-refractivity contribution in [3.8, 4) is 5.75 Å². The zero-order chi connectivity index (χ0) is 23.1. The number of ether oxygens (including phenoxy) is 1. The molecule has 6 heteroatoms. The highest BCUT2D eigenvalue weighted by Gasteiger charge is 2.49. The Balaban J connectivity index is 1.69. The Kier molecular flexibility index (Phi) is 5.44. The fraction of sp³-hybridized carbons (Fsp3) is 0.333. The van der Waals surface area contributed by atoms with Crippen LogP contribution in [-0.2, 0) is 9.59 Å². The lowest BCUT2D eigenvalue weighted by atomic mass is 9.94. The number of hydrogen-bond acceptors (Lipinski definition) is 4. The molecule has 1 aromatic heterocycles. The number of amides is 1. The number of hydrogen-bond donors (Lipinski definition) is 2. The molecule has 3 aromatic rings. The molecule has 1 aliphatic carbocycles. The smallest absolute Gasteiger partial charge is 0.295 e. The van der Waals surface area contributed by atoms with E-state index >= 15 is 0 Å². The van der Waals surface area contributed by atoms with Crippen LogP contribution >= 0.6 is 0 Å². The van der Waals surface area contributed by atoms with E-state index in [-0.39, 0.29) is 23.5 Å². The number of aliphatic hydroxyl groups is 1. The Labute approximate surface area is 192 Å². The predicted octanol–water partition coefficient (Wildman–Crippen LogP) is 5.32. The third-order valence-electron chi connectivity index (χ3n) is 6.59. The SMILES string of the molecule is CC(C)Oc1cccc(/C(O)=C2\C(=O)C(=O)N(C3CCCC3)C2c2c[nH]c3ccccc23)c1. The van der Waals surface area contributed by atoms with Crippen molar-refractivity contribution in [2.45, 2.75) is 57.7 Å². The molecule has 1 atom stereocenters. The number of fused-ring (bicyclic) bond motifs is 1. The summed E-state index contributed by atoms with van der Waals surface area (Å²) < 4.78 is 5.77. The fourth-order valence-electron chi connectivity index (χ4n) is 5.18. The number of aliphatic hydroxyl groups excluding tert-OH is 1. The van der Waals surface area contributed by atoms with E-state index in [0.717, 1.165) is 42.1 Å². The lowest BCUT2D eigenvalue weighted by Crippen LogP contribution is -2.37. The molecule has 2 aliphatic rings. The van der Waals surface area contributed by atoms with Crippen LogP contribution in [0.3, 0.4) is 0 Å². The maximum atomic E-state index is 13.3. The number of Topliss-reactive ketones (excluding diaryl/α,β-unsaturated/α-hetero) is 1. The molecule has 6 nitrogen and oxygen atoms in total. The van der Waals surface area contributed by atoms with E-state index < -0.39 is 17.7 Å². The second kappa shape index (κ2) is 8.43. The van der Waals surface area contributed by atoms with Crippen molar-refractivity contribution < 1.29 is 19.4 Å². The molecule has 0 radical (unpaired) electrons. The Morgan fingerprint density at radius 2 is 1.85 bits per heavy atom. The number of rotatable bonds is 5. The quantitative estimate of drug-likeness (QED) is 0.317. The van der Waals surface area contributed by atoms with Crippen molar-refractivity contribution in [3.05, 3.63) is 71.4 Å². The van der Waals surface area contributed by atoms with E-state index in [9.17, 15) is 14.7 Å². The molecule has 1 amide bonds. The largest absolute Gasteiger partial charge is 0.507 e. The number of nitrogens with zero attached hydrogens (tertiary/aromatic N) is 1. The molecular formula is C27H28N2O4. The van der Waals surface area contributed by atoms with E-state index in [2.05, 4.69) is 4.98 Å². The number of carbonyl (C=O) groups excluding carboxylic acids is 2. The second-order valence-electron chi connectivity index (χ2n) is 9.13. The van der Waals surface area contributed by atoms with Crippen LogP contribution in [0.1, 0.15) is 56.7 Å². The highest BCUT2D eigenvalue weighted by Crippen LogP contribution is 2.45. The molecule has 1 aliphatic heterocycles. The Morgan fingerprint density at radius 3 is 2.61 bits per heavy atom. The average Bonchev–Trinajstić information content (AvgIpc) is 3.52. The van der Waals surface area contributed by atoms with Gasteiger partial charge in [-0.05, 0) is 44.9 Å². The summed E-state index contributed by atoms with van der Waals surface area (Å²) in [5, 5.41) is 12.3. The standard InChI is InChI=1S/C27H28N2O4/c1-16(2)33-19-11-7-8-17(14-19)25(30)23-24(21-15-28-22-13-6-5-12-20(21)22)29(27(32)26(23)31)18-9-3-4-10-18/h5-8,11-16,18,24,28,30H,3-4,9-10H2,1-2H3/b25-23+. The minimum absolute atomic E-state index is 0.0129. The van der Waals surface area contributed by atoms with Crippen molar-refractivity contribution in [2.24, 2.45) is 0 Å². The van der Waals surface area contributed by atoms with Gasteiger partial charge in [0.1, 0.15) is 11.5 Å². The lowest BCUT2D eigenvalue weighted by Gasteiger charge is -2.30. The van der Waals surface area contributed by atoms with Crippen LogP contribution in [-0.4, -0.2) is 38.8 Å². The molecule has 0 spiro atoms. The number of aromatic nitrogens is 1. The number of nitrogens with one attached hydrogen (secondary N) is 1. The van der Waals surface area contributed by atoms with E-state index in [1.54, 1.807) is 23.1 Å². The summed E-state index contributed by atoms with van der Waals surface area (Å²) in [6, 6.07) is 14.2. The van der Waals surface area contributed by atoms with Gasteiger partial charge in [0, 0.05) is 34.3 Å². The molecular weight excluding hydrogens is 416 g/mol. The van der Waals surface area contributed by atoms with Gasteiger partial charge < -0.3 is 19.7 Å². The van der Waals surface area contributed by atoms with Gasteiger partial charge in [0.25, 0.3) is 11.7 Å². The second-order valence-corrected chi connectivity index (χ2v) is 9.13. The van der Waals surface area contributed by atoms with Crippen LogP contribution in [0.25, 0.3) is 16.7 Å². The fourth-order valence-corrected chi connectivity index (χ4v) is 5.18. The molecule has 2 aromatic carbocycles. The lowest BCUT2D eigenvalue weighted by molar-refractivity contribution is -0.141. The van der Waals surface area contributed by atoms with Crippen molar-refractivity contribution in [1.82, 2.24) is 9.88 Å². The van der Waals surface area contributed by atoms with Crippen molar-refractivity contribution >= 4 is 28.4 Å². The summed E-state index contributed by atoms with van der Waals surface area (Å²) in [5.41, 5.74) is 2.35. The normalized spacial score (nSPS) is 20.9. The van der Waals surface area contributed by atoms with Crippen LogP contribution in [0.5, 0.6) is 5.75 Å². The van der Waals surface area contributed by atoms with Gasteiger partial charge in [0.15, 0.2) is 0 Å². The highest BCUT2D eigenvalue weighted by atomic mass is 16.5. The first-order valence-electron chi connectivity index (χ1n) is 11.6. The van der Waals surface area contributed by atoms with E-state index in [0.29, 0.717) is 11.3 Å². The number of H-pyrrole nitrogens is 1. The first kappa shape index (κ1) is 21.3. The van der Waals surface area contributed by atoms with Crippen LogP contribution in [0, 0.1) is 0 Å². The van der Waals surface area contributed by atoms with Crippen LogP contribution < -0.4 is 4.74 Å². The van der Waals surface area contributed by atoms with Crippen molar-refractivity contribution in [1.29, 1.82) is 0 Å². The van der Waals surface area contributed by atoms with Gasteiger partial charge in [-0.1, -0.05) is 43.2 Å². The third kappa shape index (κ3) is 3.69. The minimum atomic E-state index is -0.640. The molecule has 1 saturated carbocycles. The molecule has 5 rings (SSSR count). The Bertz CT molecular complexity index is 1250. The monoisotopic (exact) mass is 444 g/mol. The average molecular weight is 445 g/mol. The van der Waals surface area contributed by atoms with Gasteiger partial charge in [-0.15, -0.1) is 0 Å². The summed E-state index contributed by atoms with van der Waals surface area (Å²) in [7, 11) is 0. The summed E-state index contributed by atoms with van der Waals surface area (Å²) >= 11 is 0. The first-order valence-corrected chi connectivity index (χ1v) is 11.6. The first-order chi connectivity index (χ1) is 16.0.